The molecule has 0 bridgehead atoms. The summed E-state index contributed by atoms with van der Waals surface area (Å²) in [6, 6.07) is 0. The largest absolute Gasteiger partial charge is 0.478 e. The lowest BCUT2D eigenvalue weighted by Crippen LogP contribution is -2.33. The molecule has 0 amide bonds. The second-order valence-electron chi connectivity index (χ2n) is 2.95. The minimum Gasteiger partial charge on any atom is -0.478 e. The van der Waals surface area contributed by atoms with Crippen molar-refractivity contribution in [2.45, 2.75) is 33.3 Å². The van der Waals surface area contributed by atoms with Gasteiger partial charge in [0.25, 0.3) is 0 Å². The Morgan fingerprint density at radius 1 is 1.45 bits per heavy atom. The van der Waals surface area contributed by atoms with Crippen molar-refractivity contribution < 1.29 is 14.7 Å². The number of carbonyl (C=O) groups is 1. The Bertz CT molecular complexity index is 180. The Balaban J connectivity index is 4.14. The summed E-state index contributed by atoms with van der Waals surface area (Å²) in [6.45, 7) is 6.36. The standard InChI is InChI=1S/C7H13NO3/c1-5(2)8-11-7(3,4)6(9)10/h1-4H3,(H,9,10). The minimum absolute atomic E-state index is 0.694. The van der Waals surface area contributed by atoms with Crippen LogP contribution in [0.15, 0.2) is 5.16 Å². The van der Waals surface area contributed by atoms with Crippen molar-refractivity contribution >= 4 is 11.7 Å². The second kappa shape index (κ2) is 3.37. The molecule has 4 nitrogen and oxygen atoms in total. The second-order valence-corrected chi connectivity index (χ2v) is 2.95. The number of hydrogen-bond acceptors (Lipinski definition) is 3. The number of rotatable bonds is 3. The Morgan fingerprint density at radius 3 is 2.18 bits per heavy atom. The molecule has 0 rings (SSSR count). The maximum absolute atomic E-state index is 10.4. The van der Waals surface area contributed by atoms with Crippen LogP contribution >= 0.6 is 0 Å². The minimum atomic E-state index is -1.24. The summed E-state index contributed by atoms with van der Waals surface area (Å²) in [4.78, 5) is 15.2. The van der Waals surface area contributed by atoms with Crippen LogP contribution in [0.2, 0.25) is 0 Å². The van der Waals surface area contributed by atoms with Crippen molar-refractivity contribution in [3.63, 3.8) is 0 Å². The van der Waals surface area contributed by atoms with Crippen LogP contribution < -0.4 is 0 Å². The maximum Gasteiger partial charge on any atom is 0.350 e. The van der Waals surface area contributed by atoms with Crippen LogP contribution in [0.4, 0.5) is 0 Å². The molecule has 0 saturated heterocycles. The highest BCUT2D eigenvalue weighted by molar-refractivity contribution is 5.79. The van der Waals surface area contributed by atoms with Crippen LogP contribution in [0, 0.1) is 0 Å². The molecule has 11 heavy (non-hydrogen) atoms. The summed E-state index contributed by atoms with van der Waals surface area (Å²) < 4.78 is 0. The van der Waals surface area contributed by atoms with Gasteiger partial charge in [-0.05, 0) is 27.7 Å². The molecule has 0 unspecified atom stereocenters. The molecule has 1 N–H and O–H groups in total. The third-order valence-corrected chi connectivity index (χ3v) is 0.971. The molecule has 0 aliphatic rings. The monoisotopic (exact) mass is 159 g/mol. The molecule has 0 aliphatic carbocycles. The first-order valence-electron chi connectivity index (χ1n) is 3.29. The van der Waals surface area contributed by atoms with Gasteiger partial charge in [0.05, 0.1) is 5.71 Å². The van der Waals surface area contributed by atoms with Crippen molar-refractivity contribution in [2.24, 2.45) is 5.16 Å². The van der Waals surface area contributed by atoms with E-state index in [1.54, 1.807) is 13.8 Å². The third kappa shape index (κ3) is 3.60. The molecular weight excluding hydrogens is 146 g/mol. The molecule has 0 saturated carbocycles. The van der Waals surface area contributed by atoms with E-state index in [-0.39, 0.29) is 0 Å². The first kappa shape index (κ1) is 9.94. The number of nitrogens with zero attached hydrogens (tertiary/aromatic N) is 1. The van der Waals surface area contributed by atoms with E-state index in [1.165, 1.54) is 13.8 Å². The highest BCUT2D eigenvalue weighted by Crippen LogP contribution is 2.09. The van der Waals surface area contributed by atoms with Crippen LogP contribution in [-0.2, 0) is 9.63 Å². The Labute approximate surface area is 65.8 Å². The van der Waals surface area contributed by atoms with Gasteiger partial charge in [0, 0.05) is 0 Å². The van der Waals surface area contributed by atoms with Gasteiger partial charge in [-0.1, -0.05) is 5.16 Å². The maximum atomic E-state index is 10.4. The molecule has 0 radical (unpaired) electrons. The highest BCUT2D eigenvalue weighted by Gasteiger charge is 2.29. The fourth-order valence-corrected chi connectivity index (χ4v) is 0.244. The molecule has 64 valence electrons. The molecule has 0 fully saturated rings. The first-order valence-corrected chi connectivity index (χ1v) is 3.29. The normalized spacial score (nSPS) is 10.5. The van der Waals surface area contributed by atoms with E-state index in [4.69, 9.17) is 9.94 Å². The average molecular weight is 159 g/mol. The topological polar surface area (TPSA) is 58.9 Å². The molecule has 0 aromatic rings. The van der Waals surface area contributed by atoms with Crippen LogP contribution in [-0.4, -0.2) is 22.4 Å². The summed E-state index contributed by atoms with van der Waals surface area (Å²) >= 11 is 0. The summed E-state index contributed by atoms with van der Waals surface area (Å²) in [5.74, 6) is -1.03. The van der Waals surface area contributed by atoms with E-state index < -0.39 is 11.6 Å². The zero-order chi connectivity index (χ0) is 9.07. The summed E-state index contributed by atoms with van der Waals surface area (Å²) in [7, 11) is 0. The molecule has 0 spiro atoms. The van der Waals surface area contributed by atoms with Crippen molar-refractivity contribution in [2.75, 3.05) is 0 Å². The SMILES string of the molecule is CC(C)=NOC(C)(C)C(=O)O. The smallest absolute Gasteiger partial charge is 0.350 e. The lowest BCUT2D eigenvalue weighted by atomic mass is 10.1. The molecule has 0 aromatic carbocycles. The zero-order valence-corrected chi connectivity index (χ0v) is 7.21. The average Bonchev–Trinajstić information content (AvgIpc) is 1.84. The summed E-state index contributed by atoms with van der Waals surface area (Å²) in [5.41, 5.74) is -0.545. The molecule has 0 heterocycles. The van der Waals surface area contributed by atoms with Gasteiger partial charge in [0.2, 0.25) is 5.60 Å². The Morgan fingerprint density at radius 2 is 1.91 bits per heavy atom. The van der Waals surface area contributed by atoms with Crippen molar-refractivity contribution in [1.82, 2.24) is 0 Å². The zero-order valence-electron chi connectivity index (χ0n) is 7.21. The molecule has 0 atom stereocenters. The van der Waals surface area contributed by atoms with E-state index in [2.05, 4.69) is 5.16 Å². The summed E-state index contributed by atoms with van der Waals surface area (Å²) in [6.07, 6.45) is 0. The van der Waals surface area contributed by atoms with Gasteiger partial charge in [0.15, 0.2) is 0 Å². The van der Waals surface area contributed by atoms with E-state index in [0.717, 1.165) is 0 Å². The first-order chi connectivity index (χ1) is 4.86. The number of carboxylic acids is 1. The lowest BCUT2D eigenvalue weighted by Gasteiger charge is -2.16. The molecule has 0 aliphatic heterocycles. The van der Waals surface area contributed by atoms with Gasteiger partial charge in [-0.15, -0.1) is 0 Å². The highest BCUT2D eigenvalue weighted by atomic mass is 16.7. The van der Waals surface area contributed by atoms with Crippen molar-refractivity contribution in [3.8, 4) is 0 Å². The van der Waals surface area contributed by atoms with E-state index >= 15 is 0 Å². The van der Waals surface area contributed by atoms with Crippen molar-refractivity contribution in [3.05, 3.63) is 0 Å². The molecule has 0 aromatic heterocycles. The molecular formula is C7H13NO3. The fourth-order valence-electron chi connectivity index (χ4n) is 0.244. The number of carboxylic acid groups (broad SMARTS) is 1. The third-order valence-electron chi connectivity index (χ3n) is 0.971. The van der Waals surface area contributed by atoms with Gasteiger partial charge in [-0.3, -0.25) is 0 Å². The Hall–Kier alpha value is -1.06. The van der Waals surface area contributed by atoms with Crippen molar-refractivity contribution in [1.29, 1.82) is 0 Å². The number of hydrogen-bond donors (Lipinski definition) is 1. The lowest BCUT2D eigenvalue weighted by molar-refractivity contribution is -0.161. The number of aliphatic carboxylic acids is 1. The predicted octanol–water partition coefficient (Wildman–Crippen LogP) is 1.26. The van der Waals surface area contributed by atoms with Gasteiger partial charge < -0.3 is 9.94 Å². The Kier molecular flexibility index (Phi) is 3.04. The van der Waals surface area contributed by atoms with Gasteiger partial charge >= 0.3 is 5.97 Å². The van der Waals surface area contributed by atoms with Gasteiger partial charge in [-0.25, -0.2) is 4.79 Å². The fraction of sp³-hybridized carbons (Fsp3) is 0.714. The van der Waals surface area contributed by atoms with Gasteiger partial charge in [-0.2, -0.15) is 0 Å². The van der Waals surface area contributed by atoms with E-state index in [0.29, 0.717) is 5.71 Å². The van der Waals surface area contributed by atoms with Crippen LogP contribution in [0.3, 0.4) is 0 Å². The van der Waals surface area contributed by atoms with Gasteiger partial charge in [0.1, 0.15) is 0 Å². The van der Waals surface area contributed by atoms with Crippen LogP contribution in [0.5, 0.6) is 0 Å². The quantitative estimate of drug-likeness (QED) is 0.498. The predicted molar refractivity (Wildman–Crippen MR) is 41.6 cm³/mol. The summed E-state index contributed by atoms with van der Waals surface area (Å²) in [5, 5.41) is 12.1. The number of oxime groups is 1. The van der Waals surface area contributed by atoms with Crippen LogP contribution in [0.1, 0.15) is 27.7 Å². The van der Waals surface area contributed by atoms with Crippen LogP contribution in [0.25, 0.3) is 0 Å². The molecule has 4 heteroatoms. The van der Waals surface area contributed by atoms with E-state index in [1.807, 2.05) is 0 Å². The van der Waals surface area contributed by atoms with E-state index in [9.17, 15) is 4.79 Å².